The summed E-state index contributed by atoms with van der Waals surface area (Å²) in [5, 5.41) is 2.89. The van der Waals surface area contributed by atoms with Crippen LogP contribution in [0.2, 0.25) is 0 Å². The molecule has 1 aromatic heterocycles. The fraction of sp³-hybridized carbons (Fsp3) is 0.667. The van der Waals surface area contributed by atoms with Gasteiger partial charge in [0.1, 0.15) is 10.7 Å². The molecule has 0 aromatic carbocycles. The molecule has 1 aromatic rings. The zero-order valence-corrected chi connectivity index (χ0v) is 13.9. The van der Waals surface area contributed by atoms with Gasteiger partial charge in [-0.2, -0.15) is 4.31 Å². The molecular weight excluding hydrogens is 286 g/mol. The van der Waals surface area contributed by atoms with Crippen LogP contribution < -0.4 is 5.32 Å². The molecular formula is C15H25N3O2S. The van der Waals surface area contributed by atoms with E-state index in [1.807, 2.05) is 0 Å². The second-order valence-corrected chi connectivity index (χ2v) is 7.73. The third-order valence-electron chi connectivity index (χ3n) is 4.58. The Labute approximate surface area is 127 Å². The molecule has 6 heteroatoms. The largest absolute Gasteiger partial charge is 0.373 e. The first-order valence-corrected chi connectivity index (χ1v) is 9.05. The third-order valence-corrected chi connectivity index (χ3v) is 6.47. The number of aromatic nitrogens is 1. The highest BCUT2D eigenvalue weighted by Gasteiger charge is 2.31. The lowest BCUT2D eigenvalue weighted by Crippen LogP contribution is -2.39. The lowest BCUT2D eigenvalue weighted by Gasteiger charge is -2.33. The molecule has 1 saturated carbocycles. The van der Waals surface area contributed by atoms with Crippen molar-refractivity contribution in [2.24, 2.45) is 5.92 Å². The summed E-state index contributed by atoms with van der Waals surface area (Å²) in [7, 11) is 0.00671. The van der Waals surface area contributed by atoms with Crippen LogP contribution >= 0.6 is 0 Å². The number of pyridine rings is 1. The molecule has 1 heterocycles. The van der Waals surface area contributed by atoms with E-state index in [0.717, 1.165) is 31.6 Å². The minimum Gasteiger partial charge on any atom is -0.373 e. The Balaban J connectivity index is 2.11. The number of rotatable bonds is 5. The van der Waals surface area contributed by atoms with Crippen molar-refractivity contribution < 1.29 is 8.42 Å². The summed E-state index contributed by atoms with van der Waals surface area (Å²) in [5.41, 5.74) is 0. The van der Waals surface area contributed by atoms with Gasteiger partial charge in [0, 0.05) is 26.3 Å². The summed E-state index contributed by atoms with van der Waals surface area (Å²) in [6.07, 6.45) is 6.77. The second-order valence-electron chi connectivity index (χ2n) is 5.73. The summed E-state index contributed by atoms with van der Waals surface area (Å²) < 4.78 is 26.8. The van der Waals surface area contributed by atoms with Crippen molar-refractivity contribution >= 4 is 15.8 Å². The minimum absolute atomic E-state index is 0.113. The van der Waals surface area contributed by atoms with E-state index in [0.29, 0.717) is 5.82 Å². The quantitative estimate of drug-likeness (QED) is 0.908. The van der Waals surface area contributed by atoms with E-state index in [1.165, 1.54) is 16.9 Å². The van der Waals surface area contributed by atoms with E-state index in [9.17, 15) is 8.42 Å². The molecule has 0 amide bonds. The average molecular weight is 311 g/mol. The lowest BCUT2D eigenvalue weighted by atomic mass is 9.85. The molecule has 0 radical (unpaired) electrons. The van der Waals surface area contributed by atoms with Gasteiger partial charge in [0.15, 0.2) is 0 Å². The number of hydrogen-bond acceptors (Lipinski definition) is 4. The maximum atomic E-state index is 12.6. The smallest absolute Gasteiger partial charge is 0.244 e. The predicted molar refractivity (Wildman–Crippen MR) is 84.8 cm³/mol. The SMILES string of the molecule is CCC1CCC(N(C)S(=O)(=O)c2ccc(NC)nc2)CC1. The summed E-state index contributed by atoms with van der Waals surface area (Å²) in [6, 6.07) is 3.42. The van der Waals surface area contributed by atoms with E-state index in [-0.39, 0.29) is 10.9 Å². The Morgan fingerprint density at radius 2 is 1.95 bits per heavy atom. The van der Waals surface area contributed by atoms with Crippen LogP contribution in [0.4, 0.5) is 5.82 Å². The minimum atomic E-state index is -3.44. The Hall–Kier alpha value is -1.14. The Morgan fingerprint density at radius 1 is 1.29 bits per heavy atom. The molecule has 21 heavy (non-hydrogen) atoms. The van der Waals surface area contributed by atoms with Crippen LogP contribution in [0.15, 0.2) is 23.2 Å². The highest BCUT2D eigenvalue weighted by molar-refractivity contribution is 7.89. The van der Waals surface area contributed by atoms with Crippen molar-refractivity contribution in [1.29, 1.82) is 0 Å². The van der Waals surface area contributed by atoms with Crippen LogP contribution in [0, 0.1) is 5.92 Å². The van der Waals surface area contributed by atoms with Gasteiger partial charge < -0.3 is 5.32 Å². The first-order chi connectivity index (χ1) is 9.98. The standard InChI is InChI=1S/C15H25N3O2S/c1-4-12-5-7-13(8-6-12)18(3)21(19,20)14-9-10-15(16-2)17-11-14/h9-13H,4-8H2,1-3H3,(H,16,17). The van der Waals surface area contributed by atoms with E-state index < -0.39 is 10.0 Å². The zero-order valence-electron chi connectivity index (χ0n) is 13.0. The van der Waals surface area contributed by atoms with Crippen molar-refractivity contribution in [3.63, 3.8) is 0 Å². The molecule has 0 bridgehead atoms. The molecule has 1 N–H and O–H groups in total. The van der Waals surface area contributed by atoms with Gasteiger partial charge in [0.25, 0.3) is 0 Å². The molecule has 118 valence electrons. The maximum absolute atomic E-state index is 12.6. The molecule has 0 spiro atoms. The molecule has 1 aliphatic rings. The number of hydrogen-bond donors (Lipinski definition) is 1. The third kappa shape index (κ3) is 3.55. The lowest BCUT2D eigenvalue weighted by molar-refractivity contribution is 0.233. The molecule has 1 aliphatic carbocycles. The average Bonchev–Trinajstić information content (AvgIpc) is 2.54. The van der Waals surface area contributed by atoms with Gasteiger partial charge in [-0.1, -0.05) is 13.3 Å². The summed E-state index contributed by atoms with van der Waals surface area (Å²) >= 11 is 0. The van der Waals surface area contributed by atoms with Crippen molar-refractivity contribution in [2.75, 3.05) is 19.4 Å². The number of nitrogens with zero attached hydrogens (tertiary/aromatic N) is 2. The first-order valence-electron chi connectivity index (χ1n) is 7.60. The fourth-order valence-corrected chi connectivity index (χ4v) is 4.32. The monoisotopic (exact) mass is 311 g/mol. The van der Waals surface area contributed by atoms with Crippen LogP contribution in [-0.2, 0) is 10.0 Å². The van der Waals surface area contributed by atoms with E-state index in [4.69, 9.17) is 0 Å². The summed E-state index contributed by atoms with van der Waals surface area (Å²) in [4.78, 5) is 4.36. The van der Waals surface area contributed by atoms with Crippen molar-refractivity contribution in [1.82, 2.24) is 9.29 Å². The van der Waals surface area contributed by atoms with Crippen molar-refractivity contribution in [2.45, 2.75) is 50.0 Å². The number of anilines is 1. The van der Waals surface area contributed by atoms with Crippen LogP contribution in [0.3, 0.4) is 0 Å². The van der Waals surface area contributed by atoms with E-state index >= 15 is 0 Å². The van der Waals surface area contributed by atoms with Crippen LogP contribution in [0.1, 0.15) is 39.0 Å². The van der Waals surface area contributed by atoms with Gasteiger partial charge in [-0.05, 0) is 43.7 Å². The van der Waals surface area contributed by atoms with Gasteiger partial charge in [-0.15, -0.1) is 0 Å². The first kappa shape index (κ1) is 16.2. The molecule has 0 unspecified atom stereocenters. The fourth-order valence-electron chi connectivity index (χ4n) is 2.96. The van der Waals surface area contributed by atoms with Crippen LogP contribution in [0.25, 0.3) is 0 Å². The second kappa shape index (κ2) is 6.75. The van der Waals surface area contributed by atoms with Gasteiger partial charge >= 0.3 is 0 Å². The maximum Gasteiger partial charge on any atom is 0.244 e. The Morgan fingerprint density at radius 3 is 2.43 bits per heavy atom. The highest BCUT2D eigenvalue weighted by Crippen LogP contribution is 2.31. The Kier molecular flexibility index (Phi) is 5.22. The Bertz CT molecular complexity index is 549. The molecule has 0 atom stereocenters. The predicted octanol–water partition coefficient (Wildman–Crippen LogP) is 2.71. The van der Waals surface area contributed by atoms with Gasteiger partial charge in [-0.3, -0.25) is 0 Å². The summed E-state index contributed by atoms with van der Waals surface area (Å²) in [5.74, 6) is 1.42. The van der Waals surface area contributed by atoms with Gasteiger partial charge in [0.2, 0.25) is 10.0 Å². The number of nitrogens with one attached hydrogen (secondary N) is 1. The topological polar surface area (TPSA) is 62.3 Å². The highest BCUT2D eigenvalue weighted by atomic mass is 32.2. The molecule has 0 saturated heterocycles. The molecule has 2 rings (SSSR count). The van der Waals surface area contributed by atoms with Gasteiger partial charge in [-0.25, -0.2) is 13.4 Å². The number of sulfonamides is 1. The zero-order chi connectivity index (χ0) is 15.5. The van der Waals surface area contributed by atoms with Crippen molar-refractivity contribution in [3.8, 4) is 0 Å². The van der Waals surface area contributed by atoms with E-state index in [2.05, 4.69) is 17.2 Å². The summed E-state index contributed by atoms with van der Waals surface area (Å²) in [6.45, 7) is 2.21. The van der Waals surface area contributed by atoms with Crippen LogP contribution in [-0.4, -0.2) is 37.8 Å². The van der Waals surface area contributed by atoms with Crippen LogP contribution in [0.5, 0.6) is 0 Å². The molecule has 0 aliphatic heterocycles. The molecule has 5 nitrogen and oxygen atoms in total. The normalized spacial score (nSPS) is 23.2. The van der Waals surface area contributed by atoms with Crippen molar-refractivity contribution in [3.05, 3.63) is 18.3 Å². The van der Waals surface area contributed by atoms with Gasteiger partial charge in [0.05, 0.1) is 0 Å². The molecule has 1 fully saturated rings. The van der Waals surface area contributed by atoms with E-state index in [1.54, 1.807) is 26.2 Å².